The SMILES string of the molecule is CCCCn1nc(C(=O)N/N=C\c2ccc(C(=O)OC)cc2)c2ccccc2c1=O. The molecule has 1 heterocycles. The van der Waals surface area contributed by atoms with Crippen LogP contribution in [0.4, 0.5) is 0 Å². The molecule has 0 saturated heterocycles. The molecule has 0 radical (unpaired) electrons. The Morgan fingerprint density at radius 3 is 2.50 bits per heavy atom. The fraction of sp³-hybridized carbons (Fsp3) is 0.227. The minimum Gasteiger partial charge on any atom is -0.465 e. The Labute approximate surface area is 173 Å². The normalized spacial score (nSPS) is 11.0. The highest BCUT2D eigenvalue weighted by atomic mass is 16.5. The van der Waals surface area contributed by atoms with Gasteiger partial charge in [-0.2, -0.15) is 10.2 Å². The largest absolute Gasteiger partial charge is 0.465 e. The Morgan fingerprint density at radius 1 is 1.13 bits per heavy atom. The Hall–Kier alpha value is -3.81. The smallest absolute Gasteiger partial charge is 0.337 e. The number of hydrazone groups is 1. The molecule has 0 bridgehead atoms. The van der Waals surface area contributed by atoms with E-state index < -0.39 is 11.9 Å². The number of benzene rings is 2. The molecule has 3 rings (SSSR count). The molecular formula is C22H22N4O4. The number of carbonyl (C=O) groups excluding carboxylic acids is 2. The first kappa shape index (κ1) is 20.9. The van der Waals surface area contributed by atoms with Crippen LogP contribution in [0.1, 0.15) is 46.2 Å². The predicted molar refractivity (Wildman–Crippen MR) is 114 cm³/mol. The highest BCUT2D eigenvalue weighted by Crippen LogP contribution is 2.13. The highest BCUT2D eigenvalue weighted by molar-refractivity contribution is 6.05. The second-order valence-electron chi connectivity index (χ2n) is 6.59. The number of methoxy groups -OCH3 is 1. The Balaban J connectivity index is 1.82. The molecule has 0 spiro atoms. The van der Waals surface area contributed by atoms with Crippen LogP contribution in [0.5, 0.6) is 0 Å². The van der Waals surface area contributed by atoms with Crippen LogP contribution in [0.3, 0.4) is 0 Å². The average Bonchev–Trinajstić information content (AvgIpc) is 2.78. The lowest BCUT2D eigenvalue weighted by Gasteiger charge is -2.09. The predicted octanol–water partition coefficient (Wildman–Crippen LogP) is 2.75. The molecule has 0 fully saturated rings. The van der Waals surface area contributed by atoms with E-state index in [0.717, 1.165) is 12.8 Å². The summed E-state index contributed by atoms with van der Waals surface area (Å²) < 4.78 is 5.98. The number of carbonyl (C=O) groups is 2. The lowest BCUT2D eigenvalue weighted by molar-refractivity contribution is 0.0600. The Bertz CT molecular complexity index is 1150. The third-order valence-electron chi connectivity index (χ3n) is 4.52. The number of aryl methyl sites for hydroxylation is 1. The van der Waals surface area contributed by atoms with Crippen LogP contribution >= 0.6 is 0 Å². The van der Waals surface area contributed by atoms with Gasteiger partial charge in [0.25, 0.3) is 11.5 Å². The van der Waals surface area contributed by atoms with Crippen LogP contribution < -0.4 is 11.0 Å². The first-order valence-corrected chi connectivity index (χ1v) is 9.56. The number of amides is 1. The van der Waals surface area contributed by atoms with Crippen LogP contribution in [-0.4, -0.2) is 35.0 Å². The maximum absolute atomic E-state index is 12.7. The van der Waals surface area contributed by atoms with Crippen molar-refractivity contribution in [3.63, 3.8) is 0 Å². The van der Waals surface area contributed by atoms with Gasteiger partial charge in [-0.1, -0.05) is 43.7 Å². The molecular weight excluding hydrogens is 384 g/mol. The van der Waals surface area contributed by atoms with Crippen LogP contribution in [0.15, 0.2) is 58.4 Å². The summed E-state index contributed by atoms with van der Waals surface area (Å²) in [7, 11) is 1.32. The van der Waals surface area contributed by atoms with Gasteiger partial charge in [0.1, 0.15) is 0 Å². The van der Waals surface area contributed by atoms with Crippen molar-refractivity contribution in [2.75, 3.05) is 7.11 Å². The topological polar surface area (TPSA) is 103 Å². The molecule has 0 unspecified atom stereocenters. The fourth-order valence-electron chi connectivity index (χ4n) is 2.90. The van der Waals surface area contributed by atoms with E-state index in [-0.39, 0.29) is 11.3 Å². The second-order valence-corrected chi connectivity index (χ2v) is 6.59. The lowest BCUT2D eigenvalue weighted by Crippen LogP contribution is -2.29. The molecule has 0 saturated carbocycles. The number of ether oxygens (including phenoxy) is 1. The van der Waals surface area contributed by atoms with Gasteiger partial charge in [-0.25, -0.2) is 14.9 Å². The van der Waals surface area contributed by atoms with E-state index in [1.165, 1.54) is 18.0 Å². The van der Waals surface area contributed by atoms with Crippen molar-refractivity contribution >= 4 is 28.9 Å². The number of unbranched alkanes of at least 4 members (excludes halogenated alkanes) is 1. The van der Waals surface area contributed by atoms with Gasteiger partial charge in [0.2, 0.25) is 0 Å². The zero-order valence-electron chi connectivity index (χ0n) is 16.8. The van der Waals surface area contributed by atoms with Gasteiger partial charge < -0.3 is 4.74 Å². The van der Waals surface area contributed by atoms with Crippen LogP contribution in [-0.2, 0) is 11.3 Å². The minimum absolute atomic E-state index is 0.138. The van der Waals surface area contributed by atoms with Crippen molar-refractivity contribution in [1.29, 1.82) is 0 Å². The van der Waals surface area contributed by atoms with Gasteiger partial charge in [0.15, 0.2) is 5.69 Å². The maximum atomic E-state index is 12.7. The molecule has 0 atom stereocenters. The number of fused-ring (bicyclic) bond motifs is 1. The molecule has 0 aliphatic heterocycles. The van der Waals surface area contributed by atoms with E-state index in [4.69, 9.17) is 0 Å². The number of rotatable bonds is 7. The second kappa shape index (κ2) is 9.60. The first-order chi connectivity index (χ1) is 14.5. The quantitative estimate of drug-likeness (QED) is 0.369. The van der Waals surface area contributed by atoms with Gasteiger partial charge in [-0.3, -0.25) is 9.59 Å². The van der Waals surface area contributed by atoms with Crippen molar-refractivity contribution in [1.82, 2.24) is 15.2 Å². The molecule has 1 amide bonds. The molecule has 0 aliphatic carbocycles. The molecule has 2 aromatic carbocycles. The summed E-state index contributed by atoms with van der Waals surface area (Å²) in [5.41, 5.74) is 3.48. The van der Waals surface area contributed by atoms with E-state index in [9.17, 15) is 14.4 Å². The summed E-state index contributed by atoms with van der Waals surface area (Å²) in [5.74, 6) is -0.943. The average molecular weight is 406 g/mol. The van der Waals surface area contributed by atoms with Crippen LogP contribution in [0, 0.1) is 0 Å². The van der Waals surface area contributed by atoms with Crippen molar-refractivity contribution in [3.05, 3.63) is 75.7 Å². The molecule has 1 N–H and O–H groups in total. The first-order valence-electron chi connectivity index (χ1n) is 9.56. The Kier molecular flexibility index (Phi) is 6.69. The van der Waals surface area contributed by atoms with Gasteiger partial charge in [0.05, 0.1) is 24.3 Å². The summed E-state index contributed by atoms with van der Waals surface area (Å²) in [6, 6.07) is 13.5. The molecule has 1 aromatic heterocycles. The van der Waals surface area contributed by atoms with Gasteiger partial charge in [-0.05, 0) is 30.2 Å². The Morgan fingerprint density at radius 2 is 1.83 bits per heavy atom. The summed E-state index contributed by atoms with van der Waals surface area (Å²) >= 11 is 0. The number of nitrogens with zero attached hydrogens (tertiary/aromatic N) is 3. The highest BCUT2D eigenvalue weighted by Gasteiger charge is 2.16. The number of esters is 1. The van der Waals surface area contributed by atoms with Crippen molar-refractivity contribution in [2.24, 2.45) is 5.10 Å². The van der Waals surface area contributed by atoms with E-state index in [0.29, 0.717) is 28.4 Å². The fourth-order valence-corrected chi connectivity index (χ4v) is 2.90. The molecule has 0 aliphatic rings. The number of hydrogen-bond donors (Lipinski definition) is 1. The molecule has 3 aromatic rings. The summed E-state index contributed by atoms with van der Waals surface area (Å²) in [5, 5.41) is 9.15. The maximum Gasteiger partial charge on any atom is 0.337 e. The van der Waals surface area contributed by atoms with Crippen LogP contribution in [0.2, 0.25) is 0 Å². The third kappa shape index (κ3) is 4.60. The molecule has 8 heteroatoms. The zero-order valence-corrected chi connectivity index (χ0v) is 16.8. The number of nitrogens with one attached hydrogen (secondary N) is 1. The standard InChI is InChI=1S/C22H22N4O4/c1-3-4-13-26-21(28)18-8-6-5-7-17(18)19(25-26)20(27)24-23-14-15-9-11-16(12-10-15)22(29)30-2/h5-12,14H,3-4,13H2,1-2H3,(H,24,27)/b23-14-. The molecule has 30 heavy (non-hydrogen) atoms. The summed E-state index contributed by atoms with van der Waals surface area (Å²) in [6.45, 7) is 2.46. The van der Waals surface area contributed by atoms with Crippen molar-refractivity contribution < 1.29 is 14.3 Å². The van der Waals surface area contributed by atoms with Gasteiger partial charge in [-0.15, -0.1) is 0 Å². The molecule has 154 valence electrons. The monoisotopic (exact) mass is 406 g/mol. The zero-order chi connectivity index (χ0) is 21.5. The van der Waals surface area contributed by atoms with Crippen molar-refractivity contribution in [3.8, 4) is 0 Å². The van der Waals surface area contributed by atoms with Gasteiger partial charge >= 0.3 is 5.97 Å². The van der Waals surface area contributed by atoms with E-state index in [1.54, 1.807) is 48.5 Å². The summed E-state index contributed by atoms with van der Waals surface area (Å²) in [6.07, 6.45) is 3.14. The number of aromatic nitrogens is 2. The van der Waals surface area contributed by atoms with Gasteiger partial charge in [0, 0.05) is 11.9 Å². The lowest BCUT2D eigenvalue weighted by atomic mass is 10.1. The summed E-state index contributed by atoms with van der Waals surface area (Å²) in [4.78, 5) is 36.8. The van der Waals surface area contributed by atoms with Crippen molar-refractivity contribution in [2.45, 2.75) is 26.3 Å². The van der Waals surface area contributed by atoms with E-state index in [1.807, 2.05) is 6.92 Å². The van der Waals surface area contributed by atoms with Crippen LogP contribution in [0.25, 0.3) is 10.8 Å². The third-order valence-corrected chi connectivity index (χ3v) is 4.52. The number of hydrogen-bond acceptors (Lipinski definition) is 6. The molecule has 8 nitrogen and oxygen atoms in total. The minimum atomic E-state index is -0.515. The van der Waals surface area contributed by atoms with E-state index in [2.05, 4.69) is 20.4 Å². The van der Waals surface area contributed by atoms with E-state index >= 15 is 0 Å².